The third-order valence-corrected chi connectivity index (χ3v) is 6.97. The molecule has 10 nitrogen and oxygen atoms in total. The molecule has 12 heteroatoms. The summed E-state index contributed by atoms with van der Waals surface area (Å²) in [7, 11) is 0. The van der Waals surface area contributed by atoms with Gasteiger partial charge < -0.3 is 25.1 Å². The maximum absolute atomic E-state index is 12.1. The highest BCUT2D eigenvalue weighted by Crippen LogP contribution is 2.45. The summed E-state index contributed by atoms with van der Waals surface area (Å²) in [6.45, 7) is 5.14. The highest BCUT2D eigenvalue weighted by Gasteiger charge is 2.23. The number of fused-ring (bicyclic) bond motifs is 2. The second-order valence-electron chi connectivity index (χ2n) is 8.07. The maximum Gasteiger partial charge on any atom is 0.231 e. The predicted molar refractivity (Wildman–Crippen MR) is 130 cm³/mol. The summed E-state index contributed by atoms with van der Waals surface area (Å²) in [4.78, 5) is 30.8. The first-order valence-electron chi connectivity index (χ1n) is 10.7. The molecule has 4 heterocycles. The average Bonchev–Trinajstić information content (AvgIpc) is 3.54. The van der Waals surface area contributed by atoms with E-state index in [1.807, 2.05) is 35.9 Å². The summed E-state index contributed by atoms with van der Waals surface area (Å²) in [6.07, 6.45) is 3.67. The van der Waals surface area contributed by atoms with Crippen molar-refractivity contribution in [2.45, 2.75) is 36.9 Å². The van der Waals surface area contributed by atoms with Gasteiger partial charge in [-0.25, -0.2) is 19.9 Å². The second kappa shape index (κ2) is 9.47. The summed E-state index contributed by atoms with van der Waals surface area (Å²) in [6, 6.07) is 3.88. The molecule has 0 spiro atoms. The lowest BCUT2D eigenvalue weighted by Gasteiger charge is -2.12. The van der Waals surface area contributed by atoms with Crippen molar-refractivity contribution in [2.75, 3.05) is 19.1 Å². The van der Waals surface area contributed by atoms with Gasteiger partial charge in [0.05, 0.1) is 0 Å². The number of ether oxygens (including phenoxy) is 2. The molecule has 4 aromatic rings. The number of thiazole rings is 1. The number of imidazole rings is 1. The van der Waals surface area contributed by atoms with Crippen LogP contribution in [0.2, 0.25) is 0 Å². The first-order valence-corrected chi connectivity index (χ1v) is 12.4. The summed E-state index contributed by atoms with van der Waals surface area (Å²) in [5, 5.41) is 6.45. The van der Waals surface area contributed by atoms with E-state index in [9.17, 15) is 4.79 Å². The van der Waals surface area contributed by atoms with Crippen molar-refractivity contribution in [3.05, 3.63) is 30.0 Å². The number of anilines is 1. The minimum absolute atomic E-state index is 0.0181. The Bertz CT molecular complexity index is 1340. The molecule has 1 amide bonds. The Morgan fingerprint density at radius 2 is 2.09 bits per heavy atom. The number of amides is 1. The maximum atomic E-state index is 12.1. The third kappa shape index (κ3) is 4.50. The molecule has 0 unspecified atom stereocenters. The number of aromatic nitrogens is 5. The van der Waals surface area contributed by atoms with Gasteiger partial charge in [0.2, 0.25) is 12.7 Å². The smallest absolute Gasteiger partial charge is 0.231 e. The lowest BCUT2D eigenvalue weighted by Crippen LogP contribution is -2.28. The standard InChI is InChI=1S/C22H23N7O3S2/c1-12(2)7-17(30)24-3-5-29-20-18(19(23)26-10-27-20)28-22(29)34-16-9-15-14(31-11-32-15)8-13(16)21-25-4-6-33-21/h4,6,8-10,12H,3,5,7,11H2,1-2H3,(H,24,30)(H2,23,26,27). The zero-order chi connectivity index (χ0) is 23.7. The van der Waals surface area contributed by atoms with Gasteiger partial charge in [0.1, 0.15) is 11.3 Å². The Balaban J connectivity index is 1.50. The van der Waals surface area contributed by atoms with E-state index in [1.54, 1.807) is 17.5 Å². The molecule has 0 bridgehead atoms. The minimum atomic E-state index is 0.0181. The lowest BCUT2D eigenvalue weighted by atomic mass is 10.1. The fourth-order valence-electron chi connectivity index (χ4n) is 3.59. The summed E-state index contributed by atoms with van der Waals surface area (Å²) in [5.74, 6) is 1.98. The molecule has 0 saturated carbocycles. The largest absolute Gasteiger partial charge is 0.454 e. The van der Waals surface area contributed by atoms with Gasteiger partial charge in [-0.1, -0.05) is 25.6 Å². The Morgan fingerprint density at radius 3 is 2.85 bits per heavy atom. The van der Waals surface area contributed by atoms with E-state index in [4.69, 9.17) is 20.2 Å². The molecule has 0 aliphatic carbocycles. The number of carbonyl (C=O) groups excluding carboxylic acids is 1. The SMILES string of the molecule is CC(C)CC(=O)NCCn1c(Sc2cc3c(cc2-c2nccs2)OCO3)nc2c(N)ncnc21. The first-order chi connectivity index (χ1) is 16.5. The highest BCUT2D eigenvalue weighted by atomic mass is 32.2. The van der Waals surface area contributed by atoms with Gasteiger partial charge in [-0.15, -0.1) is 11.3 Å². The summed E-state index contributed by atoms with van der Waals surface area (Å²) >= 11 is 3.00. The van der Waals surface area contributed by atoms with Crippen molar-refractivity contribution in [3.8, 4) is 22.1 Å². The van der Waals surface area contributed by atoms with Gasteiger partial charge in [-0.2, -0.15) is 0 Å². The number of nitrogens with one attached hydrogen (secondary N) is 1. The van der Waals surface area contributed by atoms with Crippen LogP contribution in [0.3, 0.4) is 0 Å². The van der Waals surface area contributed by atoms with Gasteiger partial charge in [0, 0.05) is 41.5 Å². The van der Waals surface area contributed by atoms with E-state index in [0.29, 0.717) is 59.1 Å². The molecule has 3 N–H and O–H groups in total. The van der Waals surface area contributed by atoms with Gasteiger partial charge >= 0.3 is 0 Å². The van der Waals surface area contributed by atoms with Crippen molar-refractivity contribution < 1.29 is 14.3 Å². The molecular weight excluding hydrogens is 474 g/mol. The number of nitrogens with zero attached hydrogens (tertiary/aromatic N) is 5. The summed E-state index contributed by atoms with van der Waals surface area (Å²) < 4.78 is 13.1. The highest BCUT2D eigenvalue weighted by molar-refractivity contribution is 7.99. The number of nitrogens with two attached hydrogens (primary N) is 1. The quantitative estimate of drug-likeness (QED) is 0.375. The Labute approximate surface area is 203 Å². The first kappa shape index (κ1) is 22.4. The number of hydrogen-bond donors (Lipinski definition) is 2. The Morgan fingerprint density at radius 1 is 1.26 bits per heavy atom. The van der Waals surface area contributed by atoms with Crippen molar-refractivity contribution in [3.63, 3.8) is 0 Å². The van der Waals surface area contributed by atoms with Gasteiger partial charge in [0.15, 0.2) is 33.6 Å². The van der Waals surface area contributed by atoms with E-state index >= 15 is 0 Å². The zero-order valence-electron chi connectivity index (χ0n) is 18.6. The fraction of sp³-hybridized carbons (Fsp3) is 0.318. The monoisotopic (exact) mass is 497 g/mol. The van der Waals surface area contributed by atoms with Crippen LogP contribution in [0, 0.1) is 5.92 Å². The number of hydrogen-bond acceptors (Lipinski definition) is 10. The number of rotatable bonds is 8. The van der Waals surface area contributed by atoms with E-state index in [2.05, 4.69) is 20.3 Å². The minimum Gasteiger partial charge on any atom is -0.454 e. The predicted octanol–water partition coefficient (Wildman–Crippen LogP) is 3.57. The van der Waals surface area contributed by atoms with Gasteiger partial charge in [-0.05, 0) is 18.1 Å². The molecule has 1 aliphatic heterocycles. The molecule has 3 aromatic heterocycles. The Hall–Kier alpha value is -3.38. The molecule has 1 aliphatic rings. The topological polar surface area (TPSA) is 130 Å². The van der Waals surface area contributed by atoms with Crippen LogP contribution >= 0.6 is 23.1 Å². The lowest BCUT2D eigenvalue weighted by molar-refractivity contribution is -0.121. The van der Waals surface area contributed by atoms with Crippen LogP contribution in [0.5, 0.6) is 11.5 Å². The second-order valence-corrected chi connectivity index (χ2v) is 9.97. The molecular formula is C22H23N7O3S2. The van der Waals surface area contributed by atoms with Crippen molar-refractivity contribution in [1.82, 2.24) is 29.8 Å². The van der Waals surface area contributed by atoms with E-state index in [-0.39, 0.29) is 12.7 Å². The van der Waals surface area contributed by atoms with Crippen molar-refractivity contribution in [2.24, 2.45) is 5.92 Å². The van der Waals surface area contributed by atoms with Gasteiger partial charge in [0.25, 0.3) is 0 Å². The number of carbonyl (C=O) groups is 1. The molecule has 0 atom stereocenters. The summed E-state index contributed by atoms with van der Waals surface area (Å²) in [5.41, 5.74) is 8.16. The molecule has 0 saturated heterocycles. The van der Waals surface area contributed by atoms with E-state index in [0.717, 1.165) is 15.5 Å². The van der Waals surface area contributed by atoms with Gasteiger partial charge in [-0.3, -0.25) is 4.79 Å². The molecule has 34 heavy (non-hydrogen) atoms. The van der Waals surface area contributed by atoms with Crippen molar-refractivity contribution in [1.29, 1.82) is 0 Å². The van der Waals surface area contributed by atoms with E-state index in [1.165, 1.54) is 18.1 Å². The molecule has 1 aromatic carbocycles. The number of nitrogen functional groups attached to an aromatic ring is 1. The van der Waals surface area contributed by atoms with Crippen LogP contribution in [0.15, 0.2) is 40.1 Å². The van der Waals surface area contributed by atoms with Crippen LogP contribution in [-0.2, 0) is 11.3 Å². The molecule has 0 fully saturated rings. The van der Waals surface area contributed by atoms with Crippen LogP contribution < -0.4 is 20.5 Å². The van der Waals surface area contributed by atoms with E-state index < -0.39 is 0 Å². The number of benzene rings is 1. The average molecular weight is 498 g/mol. The zero-order valence-corrected chi connectivity index (χ0v) is 20.3. The van der Waals surface area contributed by atoms with Crippen LogP contribution in [0.1, 0.15) is 20.3 Å². The third-order valence-electron chi connectivity index (χ3n) is 5.12. The normalized spacial score (nSPS) is 12.6. The molecule has 0 radical (unpaired) electrons. The van der Waals surface area contributed by atoms with Crippen LogP contribution in [0.25, 0.3) is 21.7 Å². The van der Waals surface area contributed by atoms with Crippen LogP contribution in [-0.4, -0.2) is 43.7 Å². The Kier molecular flexibility index (Phi) is 6.24. The van der Waals surface area contributed by atoms with Crippen LogP contribution in [0.4, 0.5) is 5.82 Å². The van der Waals surface area contributed by atoms with Crippen molar-refractivity contribution >= 4 is 46.0 Å². The molecule has 5 rings (SSSR count). The molecule has 176 valence electrons. The fourth-order valence-corrected chi connectivity index (χ4v) is 5.38.